The fourth-order valence-electron chi connectivity index (χ4n) is 2.93. The van der Waals surface area contributed by atoms with Crippen molar-refractivity contribution in [1.82, 2.24) is 21.3 Å². The van der Waals surface area contributed by atoms with Crippen molar-refractivity contribution in [2.45, 2.75) is 43.8 Å². The first kappa shape index (κ1) is 15.6. The van der Waals surface area contributed by atoms with E-state index in [1.165, 1.54) is 25.7 Å². The monoisotopic (exact) mass is 285 g/mol. The highest BCUT2D eigenvalue weighted by atomic mass is 16.6. The van der Waals surface area contributed by atoms with Crippen molar-refractivity contribution in [3.05, 3.63) is 10.1 Å². The highest BCUT2D eigenvalue weighted by Crippen LogP contribution is 2.04. The van der Waals surface area contributed by atoms with E-state index in [4.69, 9.17) is 0 Å². The number of hydrogen-bond donors (Lipinski definition) is 4. The predicted octanol–water partition coefficient (Wildman–Crippen LogP) is -0.685. The zero-order valence-corrected chi connectivity index (χ0v) is 12.1. The molecule has 2 fully saturated rings. The molecule has 4 N–H and O–H groups in total. The summed E-state index contributed by atoms with van der Waals surface area (Å²) in [5, 5.41) is 24.3. The first-order valence-electron chi connectivity index (χ1n) is 7.77. The summed E-state index contributed by atoms with van der Waals surface area (Å²) in [6.07, 6.45) is 4.76. The molecule has 2 rings (SSSR count). The van der Waals surface area contributed by atoms with Crippen LogP contribution in [0.4, 0.5) is 0 Å². The molecule has 2 saturated heterocycles. The maximum atomic E-state index is 11.0. The number of nitrogens with zero attached hydrogens (tertiary/aromatic N) is 1. The van der Waals surface area contributed by atoms with Gasteiger partial charge >= 0.3 is 0 Å². The smallest absolute Gasteiger partial charge is 0.237 e. The van der Waals surface area contributed by atoms with Crippen molar-refractivity contribution in [2.24, 2.45) is 0 Å². The lowest BCUT2D eigenvalue weighted by atomic mass is 10.2. The molecule has 0 aliphatic carbocycles. The topological polar surface area (TPSA) is 91.3 Å². The SMILES string of the molecule is O=[N+]([O-])C(CNC[C@@H]1CCCN1)CNC[C@@H]1CCCN1. The lowest BCUT2D eigenvalue weighted by Gasteiger charge is -2.16. The molecule has 0 saturated carbocycles. The normalized spacial score (nSPS) is 26.4. The summed E-state index contributed by atoms with van der Waals surface area (Å²) in [5.41, 5.74) is 0. The number of hydrogen-bond acceptors (Lipinski definition) is 6. The zero-order valence-electron chi connectivity index (χ0n) is 12.1. The van der Waals surface area contributed by atoms with Crippen LogP contribution in [0.1, 0.15) is 25.7 Å². The van der Waals surface area contributed by atoms with E-state index < -0.39 is 6.04 Å². The zero-order chi connectivity index (χ0) is 14.2. The van der Waals surface area contributed by atoms with Crippen molar-refractivity contribution in [3.63, 3.8) is 0 Å². The Morgan fingerprint density at radius 2 is 1.55 bits per heavy atom. The molecule has 2 heterocycles. The molecule has 20 heavy (non-hydrogen) atoms. The third kappa shape index (κ3) is 5.32. The summed E-state index contributed by atoms with van der Waals surface area (Å²) in [7, 11) is 0. The molecule has 0 bridgehead atoms. The summed E-state index contributed by atoms with van der Waals surface area (Å²) in [6.45, 7) is 4.68. The summed E-state index contributed by atoms with van der Waals surface area (Å²) >= 11 is 0. The van der Waals surface area contributed by atoms with Crippen molar-refractivity contribution in [3.8, 4) is 0 Å². The molecule has 2 aliphatic rings. The molecular formula is C13H27N5O2. The van der Waals surface area contributed by atoms with Gasteiger partial charge in [-0.25, -0.2) is 0 Å². The molecule has 7 nitrogen and oxygen atoms in total. The Kier molecular flexibility index (Phi) is 6.65. The van der Waals surface area contributed by atoms with Gasteiger partial charge in [0, 0.05) is 30.1 Å². The second-order valence-electron chi connectivity index (χ2n) is 5.84. The average molecular weight is 285 g/mol. The lowest BCUT2D eigenvalue weighted by Crippen LogP contribution is -2.46. The van der Waals surface area contributed by atoms with Gasteiger partial charge in [-0.15, -0.1) is 0 Å². The summed E-state index contributed by atoms with van der Waals surface area (Å²) < 4.78 is 0. The van der Waals surface area contributed by atoms with Crippen LogP contribution in [0.15, 0.2) is 0 Å². The molecule has 0 aromatic rings. The average Bonchev–Trinajstić information content (AvgIpc) is 3.09. The van der Waals surface area contributed by atoms with Crippen molar-refractivity contribution in [2.75, 3.05) is 39.3 Å². The van der Waals surface area contributed by atoms with Crippen LogP contribution in [0.3, 0.4) is 0 Å². The maximum absolute atomic E-state index is 11.0. The second kappa shape index (κ2) is 8.51. The van der Waals surface area contributed by atoms with Gasteiger partial charge in [-0.2, -0.15) is 0 Å². The van der Waals surface area contributed by atoms with Gasteiger partial charge in [0.1, 0.15) is 0 Å². The third-order valence-electron chi connectivity index (χ3n) is 4.16. The molecule has 2 atom stereocenters. The van der Waals surface area contributed by atoms with E-state index in [9.17, 15) is 10.1 Å². The number of rotatable bonds is 9. The fraction of sp³-hybridized carbons (Fsp3) is 1.00. The first-order valence-corrected chi connectivity index (χ1v) is 7.77. The van der Waals surface area contributed by atoms with Crippen LogP contribution in [0, 0.1) is 10.1 Å². The molecule has 0 amide bonds. The fourth-order valence-corrected chi connectivity index (χ4v) is 2.93. The molecule has 0 aromatic carbocycles. The minimum Gasteiger partial charge on any atom is -0.313 e. The maximum Gasteiger partial charge on any atom is 0.237 e. The summed E-state index contributed by atoms with van der Waals surface area (Å²) in [6, 6.07) is 0.425. The van der Waals surface area contributed by atoms with Crippen LogP contribution < -0.4 is 21.3 Å². The summed E-state index contributed by atoms with van der Waals surface area (Å²) in [4.78, 5) is 10.9. The number of nitro groups is 1. The standard InChI is InChI=1S/C13H27N5O2/c19-18(20)13(9-14-7-11-3-1-5-16-11)10-15-8-12-4-2-6-17-12/h11-17H,1-10H2/t11-,12-/m0/s1. The van der Waals surface area contributed by atoms with Gasteiger partial charge in [0.25, 0.3) is 0 Å². The van der Waals surface area contributed by atoms with E-state index in [2.05, 4.69) is 21.3 Å². The van der Waals surface area contributed by atoms with Crippen LogP contribution in [0.5, 0.6) is 0 Å². The molecule has 7 heteroatoms. The van der Waals surface area contributed by atoms with Gasteiger partial charge in [-0.3, -0.25) is 10.1 Å². The van der Waals surface area contributed by atoms with Crippen molar-refractivity contribution < 1.29 is 4.92 Å². The van der Waals surface area contributed by atoms with Gasteiger partial charge in [0.05, 0.1) is 13.1 Å². The Labute approximate surface area is 120 Å². The van der Waals surface area contributed by atoms with E-state index in [-0.39, 0.29) is 4.92 Å². The van der Waals surface area contributed by atoms with Gasteiger partial charge in [0.2, 0.25) is 6.04 Å². The van der Waals surface area contributed by atoms with Gasteiger partial charge in [-0.05, 0) is 38.8 Å². The Hall–Kier alpha value is -0.760. The van der Waals surface area contributed by atoms with Crippen molar-refractivity contribution in [1.29, 1.82) is 0 Å². The lowest BCUT2D eigenvalue weighted by molar-refractivity contribution is -0.518. The highest BCUT2D eigenvalue weighted by molar-refractivity contribution is 4.79. The minimum atomic E-state index is -0.544. The molecule has 116 valence electrons. The molecule has 0 aromatic heterocycles. The highest BCUT2D eigenvalue weighted by Gasteiger charge is 2.22. The largest absolute Gasteiger partial charge is 0.313 e. The van der Waals surface area contributed by atoms with E-state index >= 15 is 0 Å². The minimum absolute atomic E-state index is 0.176. The molecule has 0 radical (unpaired) electrons. The predicted molar refractivity (Wildman–Crippen MR) is 78.6 cm³/mol. The van der Waals surface area contributed by atoms with Gasteiger partial charge in [-0.1, -0.05) is 0 Å². The molecule has 0 unspecified atom stereocenters. The van der Waals surface area contributed by atoms with E-state index in [0.717, 1.165) is 26.2 Å². The molecular weight excluding hydrogens is 258 g/mol. The quantitative estimate of drug-likeness (QED) is 0.331. The van der Waals surface area contributed by atoms with Gasteiger partial charge < -0.3 is 21.3 Å². The Morgan fingerprint density at radius 3 is 1.90 bits per heavy atom. The van der Waals surface area contributed by atoms with Crippen molar-refractivity contribution >= 4 is 0 Å². The second-order valence-corrected chi connectivity index (χ2v) is 5.84. The number of nitrogens with one attached hydrogen (secondary N) is 4. The Morgan fingerprint density at radius 1 is 1.05 bits per heavy atom. The Balaban J connectivity index is 1.57. The van der Waals surface area contributed by atoms with Crippen LogP contribution >= 0.6 is 0 Å². The molecule has 0 spiro atoms. The van der Waals surface area contributed by atoms with E-state index in [1.807, 2.05) is 0 Å². The summed E-state index contributed by atoms with van der Waals surface area (Å²) in [5.74, 6) is 0. The van der Waals surface area contributed by atoms with E-state index in [1.54, 1.807) is 0 Å². The van der Waals surface area contributed by atoms with Crippen LogP contribution in [-0.4, -0.2) is 62.3 Å². The molecule has 2 aliphatic heterocycles. The van der Waals surface area contributed by atoms with E-state index in [0.29, 0.717) is 25.2 Å². The van der Waals surface area contributed by atoms with Gasteiger partial charge in [0.15, 0.2) is 0 Å². The van der Waals surface area contributed by atoms with Crippen LogP contribution in [0.2, 0.25) is 0 Å². The first-order chi connectivity index (χ1) is 9.75. The van der Waals surface area contributed by atoms with Crippen LogP contribution in [-0.2, 0) is 0 Å². The third-order valence-corrected chi connectivity index (χ3v) is 4.16. The Bertz CT molecular complexity index is 268. The van der Waals surface area contributed by atoms with Crippen LogP contribution in [0.25, 0.3) is 0 Å².